The van der Waals surface area contributed by atoms with Crippen LogP contribution in [0.1, 0.15) is 10.6 Å². The topological polar surface area (TPSA) is 104 Å². The second-order valence-electron chi connectivity index (χ2n) is 3.09. The normalized spacial score (nSPS) is 10.2. The van der Waals surface area contributed by atoms with Gasteiger partial charge in [0.15, 0.2) is 0 Å². The third-order valence-electron chi connectivity index (χ3n) is 2.05. The number of hydrogen-bond acceptors (Lipinski definition) is 4. The highest BCUT2D eigenvalue weighted by Crippen LogP contribution is 2.22. The van der Waals surface area contributed by atoms with Gasteiger partial charge in [-0.2, -0.15) is 5.16 Å². The number of carboxylic acids is 1. The number of aromatic carboxylic acids is 1. The van der Waals surface area contributed by atoms with Crippen molar-refractivity contribution in [2.24, 2.45) is 0 Å². The predicted octanol–water partition coefficient (Wildman–Crippen LogP) is 1.04. The number of carboxylic acid groups (broad SMARTS) is 1. The molecule has 0 unspecified atom stereocenters. The average molecular weight is 221 g/mol. The molecule has 0 saturated heterocycles. The number of nitrogens with one attached hydrogen (secondary N) is 1. The zero-order chi connectivity index (χ0) is 11.7. The van der Waals surface area contributed by atoms with Gasteiger partial charge in [-0.15, -0.1) is 0 Å². The fraction of sp³-hybridized carbons (Fsp3) is 0. The van der Waals surface area contributed by atoms with Crippen LogP contribution >= 0.6 is 0 Å². The van der Waals surface area contributed by atoms with E-state index >= 15 is 0 Å². The lowest BCUT2D eigenvalue weighted by Crippen LogP contribution is -2.04. The van der Waals surface area contributed by atoms with Crippen LogP contribution in [-0.2, 0) is 0 Å². The van der Waals surface area contributed by atoms with Gasteiger partial charge in [-0.25, -0.2) is 4.79 Å². The molecular weight excluding hydrogens is 214 g/mol. The summed E-state index contributed by atoms with van der Waals surface area (Å²) in [5.74, 6) is -1.75. The fourth-order valence-electron chi connectivity index (χ4n) is 1.34. The third kappa shape index (κ3) is 1.56. The van der Waals surface area contributed by atoms with E-state index in [4.69, 9.17) is 10.2 Å². The highest BCUT2D eigenvalue weighted by atomic mass is 16.5. The van der Waals surface area contributed by atoms with Crippen LogP contribution in [0.3, 0.4) is 0 Å². The Morgan fingerprint density at radius 1 is 1.25 bits per heavy atom. The number of phenolic OH excluding ortho intramolecular Hbond substituents is 1. The maximum absolute atomic E-state index is 11.4. The van der Waals surface area contributed by atoms with Crippen LogP contribution in [0, 0.1) is 0 Å². The summed E-state index contributed by atoms with van der Waals surface area (Å²) in [5, 5.41) is 19.8. The Labute approximate surface area is 88.7 Å². The van der Waals surface area contributed by atoms with Gasteiger partial charge in [-0.3, -0.25) is 4.79 Å². The summed E-state index contributed by atoms with van der Waals surface area (Å²) in [6, 6.07) is 5.57. The van der Waals surface area contributed by atoms with Crippen LogP contribution in [0.25, 0.3) is 11.1 Å². The molecule has 0 spiro atoms. The number of hydrogen-bond donors (Lipinski definition) is 3. The molecule has 6 heteroatoms. The van der Waals surface area contributed by atoms with Gasteiger partial charge in [0.2, 0.25) is 0 Å². The van der Waals surface area contributed by atoms with Gasteiger partial charge in [0, 0.05) is 0 Å². The third-order valence-corrected chi connectivity index (χ3v) is 2.05. The standard InChI is InChI=1S/C10H7NO5/c12-6-3-1-5(2-4-6)7-8(10(14)15)16-11-9(7)13/h1-4,12H,(H,11,13)(H,14,15). The molecule has 1 heterocycles. The van der Waals surface area contributed by atoms with Gasteiger partial charge in [0.1, 0.15) is 11.3 Å². The minimum Gasteiger partial charge on any atom is -0.508 e. The quantitative estimate of drug-likeness (QED) is 0.702. The molecule has 0 radical (unpaired) electrons. The van der Waals surface area contributed by atoms with Crippen molar-refractivity contribution >= 4 is 5.97 Å². The van der Waals surface area contributed by atoms with E-state index in [9.17, 15) is 9.59 Å². The first-order chi connectivity index (χ1) is 7.59. The Morgan fingerprint density at radius 2 is 1.88 bits per heavy atom. The molecule has 82 valence electrons. The van der Waals surface area contributed by atoms with Crippen LogP contribution in [0.15, 0.2) is 33.6 Å². The Morgan fingerprint density at radius 3 is 2.44 bits per heavy atom. The molecule has 0 amide bonds. The van der Waals surface area contributed by atoms with E-state index in [0.717, 1.165) is 0 Å². The first-order valence-corrected chi connectivity index (χ1v) is 4.34. The van der Waals surface area contributed by atoms with Crippen LogP contribution in [0.2, 0.25) is 0 Å². The molecule has 0 aliphatic heterocycles. The second kappa shape index (κ2) is 3.58. The zero-order valence-electron chi connectivity index (χ0n) is 7.93. The first kappa shape index (κ1) is 10.0. The Hall–Kier alpha value is -2.50. The molecule has 0 aliphatic carbocycles. The second-order valence-corrected chi connectivity index (χ2v) is 3.09. The summed E-state index contributed by atoms with van der Waals surface area (Å²) in [6.07, 6.45) is 0. The molecule has 0 saturated carbocycles. The Bertz CT molecular complexity index is 578. The molecule has 0 atom stereocenters. The molecule has 2 rings (SSSR count). The number of phenols is 1. The number of H-pyrrole nitrogens is 1. The van der Waals surface area contributed by atoms with Gasteiger partial charge < -0.3 is 14.7 Å². The minimum atomic E-state index is -1.33. The van der Waals surface area contributed by atoms with E-state index in [1.165, 1.54) is 24.3 Å². The lowest BCUT2D eigenvalue weighted by molar-refractivity contribution is 0.0653. The van der Waals surface area contributed by atoms with Gasteiger partial charge >= 0.3 is 5.97 Å². The van der Waals surface area contributed by atoms with E-state index in [2.05, 4.69) is 4.52 Å². The van der Waals surface area contributed by atoms with Gasteiger partial charge in [-0.1, -0.05) is 12.1 Å². The van der Waals surface area contributed by atoms with Crippen molar-refractivity contribution in [3.05, 3.63) is 40.4 Å². The van der Waals surface area contributed by atoms with E-state index in [0.29, 0.717) is 5.56 Å². The summed E-state index contributed by atoms with van der Waals surface area (Å²) >= 11 is 0. The molecule has 2 aromatic rings. The van der Waals surface area contributed by atoms with Gasteiger partial charge in [-0.05, 0) is 17.7 Å². The highest BCUT2D eigenvalue weighted by molar-refractivity contribution is 5.92. The van der Waals surface area contributed by atoms with Gasteiger partial charge in [0.05, 0.1) is 0 Å². The number of aromatic nitrogens is 1. The molecule has 0 aliphatic rings. The number of carbonyl (C=O) groups is 1. The minimum absolute atomic E-state index is 0.0283. The van der Waals surface area contributed by atoms with E-state index in [-0.39, 0.29) is 11.3 Å². The average Bonchev–Trinajstić information content (AvgIpc) is 2.62. The van der Waals surface area contributed by atoms with Crippen LogP contribution in [0.5, 0.6) is 5.75 Å². The Kier molecular flexibility index (Phi) is 2.24. The summed E-state index contributed by atoms with van der Waals surface area (Å²) < 4.78 is 4.54. The molecule has 0 fully saturated rings. The van der Waals surface area contributed by atoms with Crippen molar-refractivity contribution in [1.29, 1.82) is 0 Å². The smallest absolute Gasteiger partial charge is 0.375 e. The molecule has 3 N–H and O–H groups in total. The number of benzene rings is 1. The number of aromatic hydroxyl groups is 1. The van der Waals surface area contributed by atoms with Crippen molar-refractivity contribution in [3.8, 4) is 16.9 Å². The van der Waals surface area contributed by atoms with E-state index in [1.807, 2.05) is 5.16 Å². The van der Waals surface area contributed by atoms with Crippen LogP contribution in [-0.4, -0.2) is 21.3 Å². The molecule has 1 aromatic heterocycles. The van der Waals surface area contributed by atoms with Crippen molar-refractivity contribution in [3.63, 3.8) is 0 Å². The Balaban J connectivity index is 2.63. The first-order valence-electron chi connectivity index (χ1n) is 4.34. The number of aromatic amines is 1. The van der Waals surface area contributed by atoms with E-state index < -0.39 is 17.3 Å². The van der Waals surface area contributed by atoms with Crippen molar-refractivity contribution in [2.45, 2.75) is 0 Å². The predicted molar refractivity (Wildman–Crippen MR) is 53.4 cm³/mol. The monoisotopic (exact) mass is 221 g/mol. The maximum Gasteiger partial charge on any atom is 0.375 e. The fourth-order valence-corrected chi connectivity index (χ4v) is 1.34. The molecule has 6 nitrogen and oxygen atoms in total. The molecule has 0 bridgehead atoms. The molecule has 1 aromatic carbocycles. The van der Waals surface area contributed by atoms with Crippen molar-refractivity contribution < 1.29 is 19.5 Å². The summed E-state index contributed by atoms with van der Waals surface area (Å²) in [6.45, 7) is 0. The van der Waals surface area contributed by atoms with E-state index in [1.54, 1.807) is 0 Å². The molecular formula is C10H7NO5. The molecule has 16 heavy (non-hydrogen) atoms. The lowest BCUT2D eigenvalue weighted by Gasteiger charge is -1.97. The largest absolute Gasteiger partial charge is 0.508 e. The summed E-state index contributed by atoms with van der Waals surface area (Å²) in [5.41, 5.74) is -0.319. The highest BCUT2D eigenvalue weighted by Gasteiger charge is 2.20. The zero-order valence-corrected chi connectivity index (χ0v) is 7.93. The maximum atomic E-state index is 11.4. The summed E-state index contributed by atoms with van der Waals surface area (Å²) in [4.78, 5) is 22.1. The lowest BCUT2D eigenvalue weighted by atomic mass is 10.1. The van der Waals surface area contributed by atoms with Crippen molar-refractivity contribution in [2.75, 3.05) is 0 Å². The van der Waals surface area contributed by atoms with Gasteiger partial charge in [0.25, 0.3) is 11.3 Å². The summed E-state index contributed by atoms with van der Waals surface area (Å²) in [7, 11) is 0. The SMILES string of the molecule is O=C(O)c1o[nH]c(=O)c1-c1ccc(O)cc1. The van der Waals surface area contributed by atoms with Crippen LogP contribution in [0.4, 0.5) is 0 Å². The van der Waals surface area contributed by atoms with Crippen molar-refractivity contribution in [1.82, 2.24) is 5.16 Å². The van der Waals surface area contributed by atoms with Crippen LogP contribution < -0.4 is 5.56 Å². The number of rotatable bonds is 2.